The zero-order chi connectivity index (χ0) is 13.9. The highest BCUT2D eigenvalue weighted by Crippen LogP contribution is 2.31. The lowest BCUT2D eigenvalue weighted by Gasteiger charge is -2.31. The maximum absolute atomic E-state index is 9.80. The quantitative estimate of drug-likeness (QED) is 0.811. The van der Waals surface area contributed by atoms with Gasteiger partial charge in [0.2, 0.25) is 0 Å². The minimum Gasteiger partial charge on any atom is -0.394 e. The van der Waals surface area contributed by atoms with E-state index in [4.69, 9.17) is 0 Å². The van der Waals surface area contributed by atoms with Crippen LogP contribution in [-0.2, 0) is 5.54 Å². The van der Waals surface area contributed by atoms with Gasteiger partial charge in [0.25, 0.3) is 0 Å². The molecule has 0 radical (unpaired) electrons. The summed E-state index contributed by atoms with van der Waals surface area (Å²) in [5.74, 6) is 0. The van der Waals surface area contributed by atoms with Crippen LogP contribution in [0.15, 0.2) is 57.5 Å². The summed E-state index contributed by atoms with van der Waals surface area (Å²) in [4.78, 5) is 0. The van der Waals surface area contributed by atoms with Crippen molar-refractivity contribution in [1.82, 2.24) is 0 Å². The Morgan fingerprint density at radius 1 is 1.11 bits per heavy atom. The molecule has 19 heavy (non-hydrogen) atoms. The standard InChI is InChI=1S/C15H15Br2NO/c1-15(10-19,13-7-2-3-8-14(13)17)18-12-6-4-5-11(16)9-12/h2-9,18-19H,10H2,1H3. The van der Waals surface area contributed by atoms with E-state index >= 15 is 0 Å². The zero-order valence-corrected chi connectivity index (χ0v) is 13.7. The highest BCUT2D eigenvalue weighted by Gasteiger charge is 2.27. The highest BCUT2D eigenvalue weighted by atomic mass is 79.9. The predicted molar refractivity (Wildman–Crippen MR) is 86.3 cm³/mol. The number of anilines is 1. The van der Waals surface area contributed by atoms with Crippen molar-refractivity contribution in [3.05, 3.63) is 63.0 Å². The molecule has 2 aromatic carbocycles. The summed E-state index contributed by atoms with van der Waals surface area (Å²) in [6.07, 6.45) is 0. The highest BCUT2D eigenvalue weighted by molar-refractivity contribution is 9.10. The zero-order valence-electron chi connectivity index (χ0n) is 10.5. The number of aliphatic hydroxyl groups is 1. The Kier molecular flexibility index (Phi) is 4.66. The summed E-state index contributed by atoms with van der Waals surface area (Å²) in [5.41, 5.74) is 1.44. The Bertz CT molecular complexity index is 574. The first-order valence-corrected chi connectivity index (χ1v) is 7.53. The van der Waals surface area contributed by atoms with Gasteiger partial charge in [0.05, 0.1) is 12.1 Å². The molecule has 0 aliphatic carbocycles. The molecule has 2 rings (SSSR count). The SMILES string of the molecule is CC(CO)(Nc1cccc(Br)c1)c1ccccc1Br. The van der Waals surface area contributed by atoms with Crippen LogP contribution in [-0.4, -0.2) is 11.7 Å². The van der Waals surface area contributed by atoms with Crippen LogP contribution in [0.1, 0.15) is 12.5 Å². The molecule has 100 valence electrons. The first kappa shape index (κ1) is 14.6. The van der Waals surface area contributed by atoms with Crippen LogP contribution in [0.25, 0.3) is 0 Å². The van der Waals surface area contributed by atoms with E-state index in [-0.39, 0.29) is 6.61 Å². The topological polar surface area (TPSA) is 32.3 Å². The van der Waals surface area contributed by atoms with Gasteiger partial charge in [-0.3, -0.25) is 0 Å². The number of nitrogens with one attached hydrogen (secondary N) is 1. The number of aliphatic hydroxyl groups excluding tert-OH is 1. The van der Waals surface area contributed by atoms with Gasteiger partial charge < -0.3 is 10.4 Å². The first-order valence-electron chi connectivity index (χ1n) is 5.95. The van der Waals surface area contributed by atoms with E-state index in [2.05, 4.69) is 37.2 Å². The van der Waals surface area contributed by atoms with Gasteiger partial charge >= 0.3 is 0 Å². The molecule has 0 bridgehead atoms. The van der Waals surface area contributed by atoms with Crippen LogP contribution in [0.2, 0.25) is 0 Å². The minimum atomic E-state index is -0.541. The average Bonchev–Trinajstić information content (AvgIpc) is 2.39. The summed E-state index contributed by atoms with van der Waals surface area (Å²) < 4.78 is 1.99. The van der Waals surface area contributed by atoms with E-state index < -0.39 is 5.54 Å². The molecule has 0 spiro atoms. The molecule has 2 nitrogen and oxygen atoms in total. The summed E-state index contributed by atoms with van der Waals surface area (Å²) in [6, 6.07) is 15.8. The van der Waals surface area contributed by atoms with E-state index in [1.807, 2.05) is 55.5 Å². The lowest BCUT2D eigenvalue weighted by Crippen LogP contribution is -2.36. The Hall–Kier alpha value is -0.840. The van der Waals surface area contributed by atoms with Gasteiger partial charge in [-0.25, -0.2) is 0 Å². The van der Waals surface area contributed by atoms with E-state index in [0.717, 1.165) is 20.2 Å². The van der Waals surface area contributed by atoms with Crippen LogP contribution in [0.4, 0.5) is 5.69 Å². The molecule has 1 unspecified atom stereocenters. The maximum Gasteiger partial charge on any atom is 0.0839 e. The van der Waals surface area contributed by atoms with Crippen molar-refractivity contribution >= 4 is 37.5 Å². The van der Waals surface area contributed by atoms with Crippen molar-refractivity contribution in [2.75, 3.05) is 11.9 Å². The van der Waals surface area contributed by atoms with Gasteiger partial charge in [-0.2, -0.15) is 0 Å². The summed E-state index contributed by atoms with van der Waals surface area (Å²) >= 11 is 6.99. The van der Waals surface area contributed by atoms with E-state index in [1.165, 1.54) is 0 Å². The average molecular weight is 385 g/mol. The van der Waals surface area contributed by atoms with E-state index in [9.17, 15) is 5.11 Å². The van der Waals surface area contributed by atoms with Gasteiger partial charge in [-0.1, -0.05) is 56.1 Å². The number of rotatable bonds is 4. The molecule has 0 saturated carbocycles. The smallest absolute Gasteiger partial charge is 0.0839 e. The third-order valence-electron chi connectivity index (χ3n) is 3.03. The Balaban J connectivity index is 2.36. The molecule has 1 atom stereocenters. The maximum atomic E-state index is 9.80. The molecule has 4 heteroatoms. The molecule has 0 aliphatic rings. The molecular weight excluding hydrogens is 370 g/mol. The van der Waals surface area contributed by atoms with Crippen molar-refractivity contribution in [2.24, 2.45) is 0 Å². The van der Waals surface area contributed by atoms with Crippen molar-refractivity contribution in [3.8, 4) is 0 Å². The van der Waals surface area contributed by atoms with Gasteiger partial charge in [0.15, 0.2) is 0 Å². The van der Waals surface area contributed by atoms with Crippen molar-refractivity contribution < 1.29 is 5.11 Å². The third-order valence-corrected chi connectivity index (χ3v) is 4.21. The number of hydrogen-bond donors (Lipinski definition) is 2. The predicted octanol–water partition coefficient (Wildman–Crippen LogP) is 4.53. The number of hydrogen-bond acceptors (Lipinski definition) is 2. The molecule has 2 N–H and O–H groups in total. The molecule has 2 aromatic rings. The molecule has 0 heterocycles. The van der Waals surface area contributed by atoms with Gasteiger partial charge in [-0.15, -0.1) is 0 Å². The lowest BCUT2D eigenvalue weighted by atomic mass is 9.92. The second-order valence-corrected chi connectivity index (χ2v) is 6.38. The monoisotopic (exact) mass is 383 g/mol. The fourth-order valence-corrected chi connectivity index (χ4v) is 3.11. The Labute approximate surface area is 130 Å². The normalized spacial score (nSPS) is 13.9. The van der Waals surface area contributed by atoms with Gasteiger partial charge in [-0.05, 0) is 36.8 Å². The van der Waals surface area contributed by atoms with Gasteiger partial charge in [0, 0.05) is 14.6 Å². The van der Waals surface area contributed by atoms with Crippen LogP contribution in [0, 0.1) is 0 Å². The molecule has 0 aromatic heterocycles. The Morgan fingerprint density at radius 2 is 1.84 bits per heavy atom. The molecular formula is C15H15Br2NO. The summed E-state index contributed by atoms with van der Waals surface area (Å²) in [5, 5.41) is 13.2. The molecule has 0 saturated heterocycles. The van der Waals surface area contributed by atoms with Crippen LogP contribution in [0.3, 0.4) is 0 Å². The first-order chi connectivity index (χ1) is 9.05. The molecule has 0 amide bonds. The molecule has 0 aliphatic heterocycles. The van der Waals surface area contributed by atoms with Crippen molar-refractivity contribution in [3.63, 3.8) is 0 Å². The third kappa shape index (κ3) is 3.38. The van der Waals surface area contributed by atoms with Gasteiger partial charge in [0.1, 0.15) is 0 Å². The largest absolute Gasteiger partial charge is 0.394 e. The summed E-state index contributed by atoms with van der Waals surface area (Å²) in [7, 11) is 0. The van der Waals surface area contributed by atoms with E-state index in [0.29, 0.717) is 0 Å². The lowest BCUT2D eigenvalue weighted by molar-refractivity contribution is 0.223. The van der Waals surface area contributed by atoms with Crippen LogP contribution < -0.4 is 5.32 Å². The van der Waals surface area contributed by atoms with Crippen LogP contribution in [0.5, 0.6) is 0 Å². The number of halogens is 2. The fraction of sp³-hybridized carbons (Fsp3) is 0.200. The second-order valence-electron chi connectivity index (χ2n) is 4.61. The Morgan fingerprint density at radius 3 is 2.47 bits per heavy atom. The minimum absolute atomic E-state index is 0.00211. The molecule has 0 fully saturated rings. The summed E-state index contributed by atoms with van der Waals surface area (Å²) in [6.45, 7) is 1.98. The fourth-order valence-electron chi connectivity index (χ4n) is 1.99. The van der Waals surface area contributed by atoms with Crippen LogP contribution >= 0.6 is 31.9 Å². The van der Waals surface area contributed by atoms with Crippen molar-refractivity contribution in [2.45, 2.75) is 12.5 Å². The van der Waals surface area contributed by atoms with E-state index in [1.54, 1.807) is 0 Å². The second kappa shape index (κ2) is 6.07. The number of benzene rings is 2. The van der Waals surface area contributed by atoms with Crippen molar-refractivity contribution in [1.29, 1.82) is 0 Å².